The predicted molar refractivity (Wildman–Crippen MR) is 95.7 cm³/mol. The maximum Gasteiger partial charge on any atom is 0.265 e. The lowest BCUT2D eigenvalue weighted by Gasteiger charge is -2.18. The molecule has 1 saturated heterocycles. The van der Waals surface area contributed by atoms with Gasteiger partial charge in [-0.25, -0.2) is 10.3 Å². The summed E-state index contributed by atoms with van der Waals surface area (Å²) in [4.78, 5) is 38.2. The van der Waals surface area contributed by atoms with Crippen LogP contribution in [0.25, 0.3) is 0 Å². The van der Waals surface area contributed by atoms with Gasteiger partial charge >= 0.3 is 0 Å². The summed E-state index contributed by atoms with van der Waals surface area (Å²) in [5.41, 5.74) is 6.87. The summed E-state index contributed by atoms with van der Waals surface area (Å²) in [6.07, 6.45) is -0.0372. The van der Waals surface area contributed by atoms with Gasteiger partial charge < -0.3 is 4.74 Å². The summed E-state index contributed by atoms with van der Waals surface area (Å²) in [5, 5.41) is 0. The fraction of sp³-hybridized carbons (Fsp3) is 0.211. The Morgan fingerprint density at radius 3 is 2.58 bits per heavy atom. The van der Waals surface area contributed by atoms with Gasteiger partial charge in [0.1, 0.15) is 11.8 Å². The minimum Gasteiger partial charge on any atom is -0.497 e. The second kappa shape index (κ2) is 7.37. The molecule has 0 spiro atoms. The number of anilines is 1. The molecule has 2 N–H and O–H groups in total. The maximum atomic E-state index is 12.7. The third-order valence-corrected chi connectivity index (χ3v) is 4.20. The highest BCUT2D eigenvalue weighted by Crippen LogP contribution is 2.29. The van der Waals surface area contributed by atoms with E-state index in [4.69, 9.17) is 4.74 Å². The highest BCUT2D eigenvalue weighted by Gasteiger charge is 2.40. The van der Waals surface area contributed by atoms with E-state index in [2.05, 4.69) is 10.9 Å². The first-order valence-electron chi connectivity index (χ1n) is 8.13. The van der Waals surface area contributed by atoms with Crippen LogP contribution in [0.1, 0.15) is 22.3 Å². The normalized spacial score (nSPS) is 16.7. The number of carbonyl (C=O) groups is 3. The van der Waals surface area contributed by atoms with Crippen molar-refractivity contribution in [2.75, 3.05) is 12.0 Å². The molecule has 3 rings (SSSR count). The van der Waals surface area contributed by atoms with E-state index in [-0.39, 0.29) is 18.2 Å². The van der Waals surface area contributed by atoms with Crippen LogP contribution in [0.4, 0.5) is 5.69 Å². The van der Waals surface area contributed by atoms with Crippen molar-refractivity contribution in [1.29, 1.82) is 0 Å². The number of carbonyl (C=O) groups excluding carboxylic acids is 3. The van der Waals surface area contributed by atoms with Gasteiger partial charge in [-0.2, -0.15) is 0 Å². The van der Waals surface area contributed by atoms with Crippen LogP contribution in [0.2, 0.25) is 0 Å². The molecule has 1 aliphatic heterocycles. The summed E-state index contributed by atoms with van der Waals surface area (Å²) in [5.74, 6) is -0.570. The number of amides is 3. The van der Waals surface area contributed by atoms with E-state index in [0.717, 1.165) is 10.5 Å². The van der Waals surface area contributed by atoms with Crippen molar-refractivity contribution < 1.29 is 19.1 Å². The van der Waals surface area contributed by atoms with E-state index >= 15 is 0 Å². The van der Waals surface area contributed by atoms with Crippen LogP contribution in [0.15, 0.2) is 48.5 Å². The third kappa shape index (κ3) is 3.43. The van der Waals surface area contributed by atoms with Gasteiger partial charge in [-0.1, -0.05) is 24.3 Å². The zero-order chi connectivity index (χ0) is 18.7. The molecular weight excluding hydrogens is 334 g/mol. The first-order chi connectivity index (χ1) is 12.5. The molecule has 26 heavy (non-hydrogen) atoms. The van der Waals surface area contributed by atoms with Crippen molar-refractivity contribution >= 4 is 23.4 Å². The number of nitrogens with one attached hydrogen (secondary N) is 2. The topological polar surface area (TPSA) is 87.7 Å². The number of hydrogen-bond acceptors (Lipinski definition) is 5. The van der Waals surface area contributed by atoms with Crippen molar-refractivity contribution in [2.45, 2.75) is 19.4 Å². The Balaban J connectivity index is 1.72. The van der Waals surface area contributed by atoms with Crippen LogP contribution in [0.3, 0.4) is 0 Å². The zero-order valence-electron chi connectivity index (χ0n) is 14.5. The van der Waals surface area contributed by atoms with E-state index in [1.54, 1.807) is 48.5 Å². The van der Waals surface area contributed by atoms with Crippen molar-refractivity contribution in [3.05, 3.63) is 59.7 Å². The van der Waals surface area contributed by atoms with Gasteiger partial charge in [0.2, 0.25) is 5.91 Å². The Kier molecular flexibility index (Phi) is 4.99. The minimum atomic E-state index is -0.819. The van der Waals surface area contributed by atoms with E-state index in [1.165, 1.54) is 7.11 Å². The SMILES string of the molecule is COc1ccc(C)c(N2C(=O)C[C@H](NNC(=O)c3ccccc3)C2=O)c1. The average molecular weight is 353 g/mol. The Bertz CT molecular complexity index is 851. The highest BCUT2D eigenvalue weighted by atomic mass is 16.5. The molecule has 2 aromatic rings. The number of hydrogen-bond donors (Lipinski definition) is 2. The van der Waals surface area contributed by atoms with Crippen LogP contribution in [0, 0.1) is 6.92 Å². The molecule has 0 saturated carbocycles. The van der Waals surface area contributed by atoms with E-state index in [0.29, 0.717) is 17.0 Å². The van der Waals surface area contributed by atoms with E-state index in [1.807, 2.05) is 6.92 Å². The zero-order valence-corrected chi connectivity index (χ0v) is 14.5. The number of hydrazine groups is 1. The summed E-state index contributed by atoms with van der Waals surface area (Å²) in [6, 6.07) is 13.0. The van der Waals surface area contributed by atoms with Crippen molar-refractivity contribution in [3.8, 4) is 5.75 Å². The molecule has 1 aliphatic rings. The second-order valence-electron chi connectivity index (χ2n) is 5.94. The van der Waals surface area contributed by atoms with Gasteiger partial charge in [-0.15, -0.1) is 0 Å². The number of aryl methyl sites for hydroxylation is 1. The van der Waals surface area contributed by atoms with Crippen molar-refractivity contribution in [3.63, 3.8) is 0 Å². The predicted octanol–water partition coefficient (Wildman–Crippen LogP) is 1.57. The molecule has 1 fully saturated rings. The van der Waals surface area contributed by atoms with Crippen molar-refractivity contribution in [1.82, 2.24) is 10.9 Å². The third-order valence-electron chi connectivity index (χ3n) is 4.20. The fourth-order valence-corrected chi connectivity index (χ4v) is 2.77. The lowest BCUT2D eigenvalue weighted by atomic mass is 10.1. The Morgan fingerprint density at radius 2 is 1.88 bits per heavy atom. The maximum absolute atomic E-state index is 12.7. The summed E-state index contributed by atoms with van der Waals surface area (Å²) in [7, 11) is 1.52. The number of ether oxygens (including phenoxy) is 1. The monoisotopic (exact) mass is 353 g/mol. The number of methoxy groups -OCH3 is 1. The largest absolute Gasteiger partial charge is 0.497 e. The first kappa shape index (κ1) is 17.6. The van der Waals surface area contributed by atoms with Crippen molar-refractivity contribution in [2.24, 2.45) is 0 Å². The summed E-state index contributed by atoms with van der Waals surface area (Å²) >= 11 is 0. The molecule has 7 heteroatoms. The average Bonchev–Trinajstić information content (AvgIpc) is 2.94. The van der Waals surface area contributed by atoms with Gasteiger partial charge in [-0.05, 0) is 30.7 Å². The molecule has 0 unspecified atom stereocenters. The fourth-order valence-electron chi connectivity index (χ4n) is 2.77. The molecule has 7 nitrogen and oxygen atoms in total. The quantitative estimate of drug-likeness (QED) is 0.629. The molecule has 0 radical (unpaired) electrons. The highest BCUT2D eigenvalue weighted by molar-refractivity contribution is 6.22. The van der Waals surface area contributed by atoms with E-state index < -0.39 is 11.9 Å². The smallest absolute Gasteiger partial charge is 0.265 e. The number of benzene rings is 2. The van der Waals surface area contributed by atoms with E-state index in [9.17, 15) is 14.4 Å². The lowest BCUT2D eigenvalue weighted by Crippen LogP contribution is -2.48. The number of nitrogens with zero attached hydrogens (tertiary/aromatic N) is 1. The number of rotatable bonds is 5. The standard InChI is InChI=1S/C19H19N3O4/c1-12-8-9-14(26-2)10-16(12)22-17(23)11-15(19(22)25)20-21-18(24)13-6-4-3-5-7-13/h3-10,15,20H,11H2,1-2H3,(H,21,24)/t15-/m0/s1. The van der Waals surface area contributed by atoms with Crippen LogP contribution in [-0.4, -0.2) is 30.9 Å². The molecular formula is C19H19N3O4. The van der Waals surface area contributed by atoms with Crippen LogP contribution < -0.4 is 20.5 Å². The molecule has 2 aromatic carbocycles. The molecule has 0 bridgehead atoms. The molecule has 0 aliphatic carbocycles. The lowest BCUT2D eigenvalue weighted by molar-refractivity contribution is -0.121. The van der Waals surface area contributed by atoms with Gasteiger partial charge in [0.15, 0.2) is 0 Å². The van der Waals surface area contributed by atoms with Crippen LogP contribution in [0.5, 0.6) is 5.75 Å². The molecule has 0 aromatic heterocycles. The van der Waals surface area contributed by atoms with Gasteiger partial charge in [0.05, 0.1) is 19.2 Å². The molecule has 3 amide bonds. The van der Waals surface area contributed by atoms with Gasteiger partial charge in [0.25, 0.3) is 11.8 Å². The summed E-state index contributed by atoms with van der Waals surface area (Å²) in [6.45, 7) is 1.81. The Hall–Kier alpha value is -3.19. The molecule has 134 valence electrons. The first-order valence-corrected chi connectivity index (χ1v) is 8.13. The van der Waals surface area contributed by atoms with Crippen LogP contribution in [-0.2, 0) is 9.59 Å². The molecule has 1 heterocycles. The second-order valence-corrected chi connectivity index (χ2v) is 5.94. The Morgan fingerprint density at radius 1 is 1.15 bits per heavy atom. The van der Waals surface area contributed by atoms with Gasteiger partial charge in [-0.3, -0.25) is 19.8 Å². The summed E-state index contributed by atoms with van der Waals surface area (Å²) < 4.78 is 5.17. The number of imide groups is 1. The minimum absolute atomic E-state index is 0.0372. The van der Waals surface area contributed by atoms with Crippen LogP contribution >= 0.6 is 0 Å². The van der Waals surface area contributed by atoms with Gasteiger partial charge in [0, 0.05) is 11.6 Å². The molecule has 1 atom stereocenters. The Labute approximate surface area is 150 Å².